The molecule has 350 valence electrons. The summed E-state index contributed by atoms with van der Waals surface area (Å²) in [5.74, 6) is 1.64. The second kappa shape index (κ2) is 44.5. The quantitative estimate of drug-likeness (QED) is 0.0345. The van der Waals surface area contributed by atoms with Gasteiger partial charge in [0.05, 0.1) is 0 Å². The second-order valence-electron chi connectivity index (χ2n) is 19.4. The number of hydrogen-bond donors (Lipinski definition) is 0. The first kappa shape index (κ1) is 57.4. The van der Waals surface area contributed by atoms with Gasteiger partial charge in [0, 0.05) is 19.3 Å². The Morgan fingerprint density at radius 3 is 0.881 bits per heavy atom. The van der Waals surface area contributed by atoms with Crippen LogP contribution in [0.4, 0.5) is 0 Å². The van der Waals surface area contributed by atoms with Gasteiger partial charge in [0.1, 0.15) is 13.2 Å². The third-order valence-corrected chi connectivity index (χ3v) is 12.3. The Bertz CT molecular complexity index is 916. The first-order valence-corrected chi connectivity index (χ1v) is 26.1. The molecule has 0 heterocycles. The Hall–Kier alpha value is -1.59. The van der Waals surface area contributed by atoms with Gasteiger partial charge in [-0.2, -0.15) is 0 Å². The van der Waals surface area contributed by atoms with Crippen LogP contribution in [0.3, 0.4) is 0 Å². The molecule has 0 amide bonds. The fourth-order valence-electron chi connectivity index (χ4n) is 7.91. The summed E-state index contributed by atoms with van der Waals surface area (Å²) in [6.07, 6.45) is 43.8. The summed E-state index contributed by atoms with van der Waals surface area (Å²) in [6.45, 7) is 13.7. The summed E-state index contributed by atoms with van der Waals surface area (Å²) in [6, 6.07) is 0. The summed E-state index contributed by atoms with van der Waals surface area (Å²) in [4.78, 5) is 37.9. The van der Waals surface area contributed by atoms with Crippen molar-refractivity contribution in [3.63, 3.8) is 0 Å². The minimum atomic E-state index is -0.763. The van der Waals surface area contributed by atoms with Gasteiger partial charge in [0.15, 0.2) is 6.10 Å². The number of hydrogen-bond acceptors (Lipinski definition) is 6. The van der Waals surface area contributed by atoms with Crippen molar-refractivity contribution in [3.8, 4) is 0 Å². The monoisotopic (exact) mass is 835 g/mol. The Labute approximate surface area is 368 Å². The number of esters is 3. The highest BCUT2D eigenvalue weighted by atomic mass is 16.6. The molecule has 0 aliphatic rings. The lowest BCUT2D eigenvalue weighted by atomic mass is 9.99. The molecule has 0 aliphatic heterocycles. The average Bonchev–Trinajstić information content (AvgIpc) is 3.20. The lowest BCUT2D eigenvalue weighted by Gasteiger charge is -2.18. The van der Waals surface area contributed by atoms with Crippen LogP contribution in [0.15, 0.2) is 0 Å². The molecule has 0 saturated carbocycles. The fourth-order valence-corrected chi connectivity index (χ4v) is 7.91. The van der Waals surface area contributed by atoms with Crippen LogP contribution in [0.2, 0.25) is 0 Å². The highest BCUT2D eigenvalue weighted by Crippen LogP contribution is 2.18. The van der Waals surface area contributed by atoms with Crippen LogP contribution in [0.25, 0.3) is 0 Å². The van der Waals surface area contributed by atoms with E-state index < -0.39 is 6.10 Å². The van der Waals surface area contributed by atoms with Crippen LogP contribution in [0, 0.1) is 17.8 Å². The maximum Gasteiger partial charge on any atom is 0.306 e. The van der Waals surface area contributed by atoms with Crippen molar-refractivity contribution in [2.45, 2.75) is 292 Å². The molecule has 6 nitrogen and oxygen atoms in total. The van der Waals surface area contributed by atoms with E-state index in [1.165, 1.54) is 167 Å². The largest absolute Gasteiger partial charge is 0.462 e. The van der Waals surface area contributed by atoms with Gasteiger partial charge in [0.25, 0.3) is 0 Å². The molecule has 0 aromatic rings. The average molecular weight is 835 g/mol. The standard InChI is InChI=1S/C53H102O6/c1-7-49(6)41-35-29-23-17-12-10-8-9-11-13-18-24-30-36-42-51(54)57-45-50(59-53(56)44-38-32-26-20-22-28-34-40-48(4)5)46-58-52(55)43-37-31-25-19-15-14-16-21-27-33-39-47(2)3/h47-50H,7-46H2,1-6H3/t49?,50-/m1/s1. The smallest absolute Gasteiger partial charge is 0.306 e. The molecule has 0 aromatic carbocycles. The van der Waals surface area contributed by atoms with E-state index in [0.717, 1.165) is 75.5 Å². The Balaban J connectivity index is 4.26. The van der Waals surface area contributed by atoms with Gasteiger partial charge >= 0.3 is 17.9 Å². The van der Waals surface area contributed by atoms with Gasteiger partial charge < -0.3 is 14.2 Å². The number of ether oxygens (including phenoxy) is 3. The van der Waals surface area contributed by atoms with Crippen molar-refractivity contribution in [2.24, 2.45) is 17.8 Å². The molecule has 0 aromatic heterocycles. The predicted octanol–water partition coefficient (Wildman–Crippen LogP) is 16.8. The molecule has 0 rings (SSSR count). The van der Waals surface area contributed by atoms with E-state index in [4.69, 9.17) is 14.2 Å². The zero-order valence-corrected chi connectivity index (χ0v) is 40.5. The number of carbonyl (C=O) groups excluding carboxylic acids is 3. The van der Waals surface area contributed by atoms with Crippen LogP contribution in [-0.4, -0.2) is 37.2 Å². The maximum atomic E-state index is 12.7. The van der Waals surface area contributed by atoms with Crippen LogP contribution in [0.5, 0.6) is 0 Å². The molecule has 0 radical (unpaired) electrons. The van der Waals surface area contributed by atoms with Crippen LogP contribution in [0.1, 0.15) is 286 Å². The summed E-state index contributed by atoms with van der Waals surface area (Å²) >= 11 is 0. The Morgan fingerprint density at radius 2 is 0.593 bits per heavy atom. The molecule has 2 atom stereocenters. The van der Waals surface area contributed by atoms with Gasteiger partial charge in [-0.25, -0.2) is 0 Å². The van der Waals surface area contributed by atoms with Crippen LogP contribution >= 0.6 is 0 Å². The van der Waals surface area contributed by atoms with E-state index in [0.29, 0.717) is 19.3 Å². The number of unbranched alkanes of at least 4 members (excludes halogenated alkanes) is 28. The maximum absolute atomic E-state index is 12.7. The van der Waals surface area contributed by atoms with Crippen molar-refractivity contribution >= 4 is 17.9 Å². The third-order valence-electron chi connectivity index (χ3n) is 12.3. The normalized spacial score (nSPS) is 12.6. The fraction of sp³-hybridized carbons (Fsp3) is 0.943. The van der Waals surface area contributed by atoms with Crippen LogP contribution < -0.4 is 0 Å². The van der Waals surface area contributed by atoms with E-state index in [9.17, 15) is 14.4 Å². The molecule has 0 saturated heterocycles. The topological polar surface area (TPSA) is 78.9 Å². The van der Waals surface area contributed by atoms with Crippen molar-refractivity contribution in [2.75, 3.05) is 13.2 Å². The zero-order chi connectivity index (χ0) is 43.4. The number of carbonyl (C=O) groups is 3. The van der Waals surface area contributed by atoms with Crippen molar-refractivity contribution in [3.05, 3.63) is 0 Å². The minimum absolute atomic E-state index is 0.0653. The van der Waals surface area contributed by atoms with E-state index in [-0.39, 0.29) is 31.1 Å². The first-order chi connectivity index (χ1) is 28.6. The first-order valence-electron chi connectivity index (χ1n) is 26.1. The summed E-state index contributed by atoms with van der Waals surface area (Å²) < 4.78 is 16.8. The van der Waals surface area contributed by atoms with E-state index in [1.54, 1.807) is 0 Å². The molecule has 0 aliphatic carbocycles. The third kappa shape index (κ3) is 45.8. The highest BCUT2D eigenvalue weighted by Gasteiger charge is 2.19. The molecule has 0 fully saturated rings. The lowest BCUT2D eigenvalue weighted by molar-refractivity contribution is -0.167. The molecule has 59 heavy (non-hydrogen) atoms. The molecule has 0 N–H and O–H groups in total. The van der Waals surface area contributed by atoms with Crippen molar-refractivity contribution < 1.29 is 28.6 Å². The van der Waals surface area contributed by atoms with Gasteiger partial charge in [0.2, 0.25) is 0 Å². The van der Waals surface area contributed by atoms with E-state index in [1.807, 2.05) is 0 Å². The van der Waals surface area contributed by atoms with Crippen molar-refractivity contribution in [1.29, 1.82) is 0 Å². The molecule has 6 heteroatoms. The molecule has 1 unspecified atom stereocenters. The van der Waals surface area contributed by atoms with E-state index in [2.05, 4.69) is 41.5 Å². The Kier molecular flexibility index (Phi) is 43.3. The van der Waals surface area contributed by atoms with Gasteiger partial charge in [-0.05, 0) is 37.0 Å². The van der Waals surface area contributed by atoms with Gasteiger partial charge in [-0.15, -0.1) is 0 Å². The summed E-state index contributed by atoms with van der Waals surface area (Å²) in [7, 11) is 0. The van der Waals surface area contributed by atoms with Gasteiger partial charge in [-0.3, -0.25) is 14.4 Å². The molecule has 0 spiro atoms. The SMILES string of the molecule is CCC(C)CCCCCCCCCCCCCCCCC(=O)OC[C@H](COC(=O)CCCCCCCCCCCCC(C)C)OC(=O)CCCCCCCCCC(C)C. The summed E-state index contributed by atoms with van der Waals surface area (Å²) in [5.41, 5.74) is 0. The molecular weight excluding hydrogens is 733 g/mol. The molecular formula is C53H102O6. The minimum Gasteiger partial charge on any atom is -0.462 e. The molecule has 0 bridgehead atoms. The Morgan fingerprint density at radius 1 is 0.339 bits per heavy atom. The summed E-state index contributed by atoms with van der Waals surface area (Å²) in [5, 5.41) is 0. The van der Waals surface area contributed by atoms with Gasteiger partial charge in [-0.1, -0.05) is 247 Å². The highest BCUT2D eigenvalue weighted by molar-refractivity contribution is 5.71. The lowest BCUT2D eigenvalue weighted by Crippen LogP contribution is -2.30. The predicted molar refractivity (Wildman–Crippen MR) is 252 cm³/mol. The zero-order valence-electron chi connectivity index (χ0n) is 40.5. The van der Waals surface area contributed by atoms with Crippen LogP contribution in [-0.2, 0) is 28.6 Å². The second-order valence-corrected chi connectivity index (χ2v) is 19.4. The number of rotatable bonds is 46. The van der Waals surface area contributed by atoms with Crippen molar-refractivity contribution in [1.82, 2.24) is 0 Å². The van der Waals surface area contributed by atoms with E-state index >= 15 is 0 Å².